The van der Waals surface area contributed by atoms with E-state index in [1.54, 1.807) is 0 Å². The third-order valence-corrected chi connectivity index (χ3v) is 3.55. The van der Waals surface area contributed by atoms with Gasteiger partial charge in [-0.05, 0) is 12.8 Å². The summed E-state index contributed by atoms with van der Waals surface area (Å²) in [5.74, 6) is -1.97. The fourth-order valence-electron chi connectivity index (χ4n) is 2.21. The Balaban J connectivity index is 1.96. The van der Waals surface area contributed by atoms with Gasteiger partial charge in [0.25, 0.3) is 0 Å². The number of hydrogen-bond acceptors (Lipinski definition) is 5. The van der Waals surface area contributed by atoms with Crippen molar-refractivity contribution in [3.63, 3.8) is 0 Å². The summed E-state index contributed by atoms with van der Waals surface area (Å²) < 4.78 is 10.3. The average Bonchev–Trinajstić information content (AvgIpc) is 2.78. The molecule has 102 valence electrons. The highest BCUT2D eigenvalue weighted by atomic mass is 16.5. The number of carboxylic acids is 1. The zero-order chi connectivity index (χ0) is 13.2. The van der Waals surface area contributed by atoms with E-state index >= 15 is 0 Å². The summed E-state index contributed by atoms with van der Waals surface area (Å²) in [6.07, 6.45) is 0.897. The second-order valence-electron chi connectivity index (χ2n) is 4.83. The van der Waals surface area contributed by atoms with Gasteiger partial charge in [-0.3, -0.25) is 9.59 Å². The predicted molar refractivity (Wildman–Crippen MR) is 60.8 cm³/mol. The SMILES string of the molecule is NC1(C(=O)NC2COCC2C(=O)O)CCOCC1. The van der Waals surface area contributed by atoms with Crippen LogP contribution in [0.15, 0.2) is 0 Å². The van der Waals surface area contributed by atoms with Crippen LogP contribution in [0.1, 0.15) is 12.8 Å². The Morgan fingerprint density at radius 3 is 2.50 bits per heavy atom. The van der Waals surface area contributed by atoms with Crippen LogP contribution in [0.5, 0.6) is 0 Å². The minimum Gasteiger partial charge on any atom is -0.481 e. The highest BCUT2D eigenvalue weighted by molar-refractivity contribution is 5.87. The molecule has 2 rings (SSSR count). The van der Waals surface area contributed by atoms with Crippen molar-refractivity contribution in [2.24, 2.45) is 11.7 Å². The van der Waals surface area contributed by atoms with Crippen LogP contribution in [0.3, 0.4) is 0 Å². The minimum atomic E-state index is -0.962. The largest absolute Gasteiger partial charge is 0.481 e. The van der Waals surface area contributed by atoms with Crippen molar-refractivity contribution < 1.29 is 24.2 Å². The molecule has 18 heavy (non-hydrogen) atoms. The second-order valence-corrected chi connectivity index (χ2v) is 4.83. The molecule has 2 aliphatic rings. The van der Waals surface area contributed by atoms with Crippen LogP contribution in [-0.2, 0) is 19.1 Å². The molecule has 0 bridgehead atoms. The van der Waals surface area contributed by atoms with Crippen molar-refractivity contribution in [1.29, 1.82) is 0 Å². The fourth-order valence-corrected chi connectivity index (χ4v) is 2.21. The summed E-state index contributed by atoms with van der Waals surface area (Å²) in [5.41, 5.74) is 5.07. The molecule has 7 nitrogen and oxygen atoms in total. The zero-order valence-electron chi connectivity index (χ0n) is 10.1. The van der Waals surface area contributed by atoms with E-state index in [-0.39, 0.29) is 19.1 Å². The molecule has 0 spiro atoms. The van der Waals surface area contributed by atoms with Crippen molar-refractivity contribution in [2.45, 2.75) is 24.4 Å². The summed E-state index contributed by atoms with van der Waals surface area (Å²) in [4.78, 5) is 23.1. The summed E-state index contributed by atoms with van der Waals surface area (Å²) in [5, 5.41) is 11.7. The molecule has 0 saturated carbocycles. The molecule has 1 amide bonds. The lowest BCUT2D eigenvalue weighted by molar-refractivity contribution is -0.142. The Kier molecular flexibility index (Phi) is 3.84. The first-order chi connectivity index (χ1) is 8.53. The smallest absolute Gasteiger partial charge is 0.311 e. The molecule has 2 aliphatic heterocycles. The van der Waals surface area contributed by atoms with Crippen LogP contribution in [0.2, 0.25) is 0 Å². The number of aliphatic carboxylic acids is 1. The summed E-state index contributed by atoms with van der Waals surface area (Å²) in [6, 6.07) is -0.502. The molecule has 0 radical (unpaired) electrons. The van der Waals surface area contributed by atoms with Gasteiger partial charge in [0.15, 0.2) is 0 Å². The lowest BCUT2D eigenvalue weighted by Gasteiger charge is -2.33. The summed E-state index contributed by atoms with van der Waals surface area (Å²) in [7, 11) is 0. The molecular weight excluding hydrogens is 240 g/mol. The normalized spacial score (nSPS) is 30.9. The number of amides is 1. The lowest BCUT2D eigenvalue weighted by atomic mass is 9.89. The molecule has 0 aromatic rings. The van der Waals surface area contributed by atoms with E-state index in [9.17, 15) is 9.59 Å². The van der Waals surface area contributed by atoms with Crippen LogP contribution >= 0.6 is 0 Å². The number of ether oxygens (including phenoxy) is 2. The Labute approximate surface area is 105 Å². The molecule has 2 fully saturated rings. The number of carbonyl (C=O) groups excluding carboxylic acids is 1. The maximum atomic E-state index is 12.1. The van der Waals surface area contributed by atoms with Gasteiger partial charge in [-0.2, -0.15) is 0 Å². The van der Waals surface area contributed by atoms with Crippen molar-refractivity contribution in [2.75, 3.05) is 26.4 Å². The van der Waals surface area contributed by atoms with Crippen molar-refractivity contribution in [3.8, 4) is 0 Å². The summed E-state index contributed by atoms with van der Waals surface area (Å²) in [6.45, 7) is 1.25. The van der Waals surface area contributed by atoms with Crippen molar-refractivity contribution in [3.05, 3.63) is 0 Å². The third-order valence-electron chi connectivity index (χ3n) is 3.55. The van der Waals surface area contributed by atoms with Crippen LogP contribution in [0.4, 0.5) is 0 Å². The molecule has 4 N–H and O–H groups in total. The van der Waals surface area contributed by atoms with Crippen molar-refractivity contribution >= 4 is 11.9 Å². The number of carboxylic acid groups (broad SMARTS) is 1. The van der Waals surface area contributed by atoms with Gasteiger partial charge < -0.3 is 25.6 Å². The van der Waals surface area contributed by atoms with E-state index in [4.69, 9.17) is 20.3 Å². The monoisotopic (exact) mass is 258 g/mol. The number of hydrogen-bond donors (Lipinski definition) is 3. The molecule has 0 aromatic carbocycles. The van der Waals surface area contributed by atoms with Crippen LogP contribution in [0.25, 0.3) is 0 Å². The Morgan fingerprint density at radius 1 is 1.22 bits per heavy atom. The molecule has 0 aromatic heterocycles. The topological polar surface area (TPSA) is 111 Å². The van der Waals surface area contributed by atoms with E-state index in [0.29, 0.717) is 26.1 Å². The minimum absolute atomic E-state index is 0.126. The van der Waals surface area contributed by atoms with Gasteiger partial charge in [0.2, 0.25) is 5.91 Å². The Morgan fingerprint density at radius 2 is 1.89 bits per heavy atom. The molecule has 2 heterocycles. The lowest BCUT2D eigenvalue weighted by Crippen LogP contribution is -2.60. The Bertz CT molecular complexity index is 340. The number of nitrogens with one attached hydrogen (secondary N) is 1. The molecule has 2 saturated heterocycles. The van der Waals surface area contributed by atoms with Gasteiger partial charge in [0.05, 0.1) is 24.8 Å². The zero-order valence-corrected chi connectivity index (χ0v) is 10.1. The van der Waals surface area contributed by atoms with Gasteiger partial charge in [0.1, 0.15) is 5.92 Å². The van der Waals surface area contributed by atoms with Crippen molar-refractivity contribution in [1.82, 2.24) is 5.32 Å². The summed E-state index contributed by atoms with van der Waals surface area (Å²) >= 11 is 0. The predicted octanol–water partition coefficient (Wildman–Crippen LogP) is -1.29. The fraction of sp³-hybridized carbons (Fsp3) is 0.818. The van der Waals surface area contributed by atoms with Gasteiger partial charge >= 0.3 is 5.97 Å². The number of rotatable bonds is 3. The third kappa shape index (κ3) is 2.63. The van der Waals surface area contributed by atoms with Gasteiger partial charge in [-0.25, -0.2) is 0 Å². The maximum Gasteiger partial charge on any atom is 0.311 e. The first kappa shape index (κ1) is 13.3. The standard InChI is InChI=1S/C11H18N2O5/c12-11(1-3-17-4-2-11)10(16)13-8-6-18-5-7(8)9(14)15/h7-8H,1-6,12H2,(H,13,16)(H,14,15). The van der Waals surface area contributed by atoms with Crippen LogP contribution in [-0.4, -0.2) is 55.0 Å². The maximum absolute atomic E-state index is 12.1. The van der Waals surface area contributed by atoms with Crippen LogP contribution < -0.4 is 11.1 Å². The Hall–Kier alpha value is -1.18. The number of carbonyl (C=O) groups is 2. The first-order valence-electron chi connectivity index (χ1n) is 6.01. The number of nitrogens with two attached hydrogens (primary N) is 1. The molecule has 0 aliphatic carbocycles. The molecule has 2 unspecified atom stereocenters. The highest BCUT2D eigenvalue weighted by Gasteiger charge is 2.41. The van der Waals surface area contributed by atoms with E-state index in [1.807, 2.05) is 0 Å². The average molecular weight is 258 g/mol. The van der Waals surface area contributed by atoms with Gasteiger partial charge in [0, 0.05) is 13.2 Å². The molecular formula is C11H18N2O5. The van der Waals surface area contributed by atoms with E-state index in [0.717, 1.165) is 0 Å². The first-order valence-corrected chi connectivity index (χ1v) is 6.01. The van der Waals surface area contributed by atoms with E-state index in [1.165, 1.54) is 0 Å². The van der Waals surface area contributed by atoms with Gasteiger partial charge in [-0.1, -0.05) is 0 Å². The van der Waals surface area contributed by atoms with E-state index < -0.39 is 23.5 Å². The second kappa shape index (κ2) is 5.21. The van der Waals surface area contributed by atoms with Crippen LogP contribution in [0, 0.1) is 5.92 Å². The quantitative estimate of drug-likeness (QED) is 0.581. The van der Waals surface area contributed by atoms with Gasteiger partial charge in [-0.15, -0.1) is 0 Å². The molecule has 2 atom stereocenters. The molecule has 7 heteroatoms. The van der Waals surface area contributed by atoms with E-state index in [2.05, 4.69) is 5.32 Å². The highest BCUT2D eigenvalue weighted by Crippen LogP contribution is 2.20.